The molecule has 0 aromatic heterocycles. The van der Waals surface area contributed by atoms with Crippen molar-refractivity contribution in [3.8, 4) is 5.75 Å². The summed E-state index contributed by atoms with van der Waals surface area (Å²) in [6, 6.07) is 1.42. The molecule has 0 radical (unpaired) electrons. The molecule has 0 bridgehead atoms. The predicted octanol–water partition coefficient (Wildman–Crippen LogP) is 3.84. The molecule has 136 valence electrons. The minimum Gasteiger partial charge on any atom is -0.490 e. The first kappa shape index (κ1) is 19.2. The molecule has 0 amide bonds. The average molecular weight is 346 g/mol. The highest BCUT2D eigenvalue weighted by Crippen LogP contribution is 2.38. The van der Waals surface area contributed by atoms with E-state index in [9.17, 15) is 9.50 Å². The van der Waals surface area contributed by atoms with Gasteiger partial charge in [-0.1, -0.05) is 18.7 Å². The number of allylic oxidation sites excluding steroid dienone is 1. The van der Waals surface area contributed by atoms with E-state index >= 15 is 0 Å². The molecule has 4 nitrogen and oxygen atoms in total. The van der Waals surface area contributed by atoms with Crippen LogP contribution in [0.2, 0.25) is 0 Å². The Labute approximate surface area is 149 Å². The second-order valence-electron chi connectivity index (χ2n) is 6.61. The summed E-state index contributed by atoms with van der Waals surface area (Å²) in [5.74, 6) is 6.13. The molecule has 1 aliphatic rings. The summed E-state index contributed by atoms with van der Waals surface area (Å²) in [4.78, 5) is 0. The molecule has 1 aromatic rings. The fourth-order valence-electron chi connectivity index (χ4n) is 3.26. The van der Waals surface area contributed by atoms with Gasteiger partial charge in [0.05, 0.1) is 18.4 Å². The maximum absolute atomic E-state index is 14.7. The third-order valence-corrected chi connectivity index (χ3v) is 4.48. The Morgan fingerprint density at radius 2 is 2.04 bits per heavy atom. The van der Waals surface area contributed by atoms with Crippen LogP contribution in [0.15, 0.2) is 36.1 Å². The number of ether oxygens (including phenoxy) is 1. The standard InChI is InChI=1S/C20H27FN2O2/c1-11(2)18(14(6)24)19(23(22)12(3)4)16-10-17(21)20-15(13(16)5)8-7-9-25-20/h10,14,24H,1,3,7-9,22H2,2,4-6H3/b19-18+. The predicted molar refractivity (Wildman–Crippen MR) is 99.2 cm³/mol. The van der Waals surface area contributed by atoms with Gasteiger partial charge in [0.1, 0.15) is 0 Å². The maximum atomic E-state index is 14.7. The first-order valence-electron chi connectivity index (χ1n) is 8.40. The van der Waals surface area contributed by atoms with Gasteiger partial charge in [-0.05, 0) is 52.2 Å². The topological polar surface area (TPSA) is 58.7 Å². The second-order valence-corrected chi connectivity index (χ2v) is 6.61. The fourth-order valence-corrected chi connectivity index (χ4v) is 3.26. The minimum atomic E-state index is -0.812. The Balaban J connectivity index is 2.84. The monoisotopic (exact) mass is 346 g/mol. The Morgan fingerprint density at radius 1 is 1.40 bits per heavy atom. The maximum Gasteiger partial charge on any atom is 0.166 e. The van der Waals surface area contributed by atoms with Gasteiger partial charge in [-0.3, -0.25) is 5.01 Å². The van der Waals surface area contributed by atoms with Crippen LogP contribution < -0.4 is 10.6 Å². The van der Waals surface area contributed by atoms with Crippen LogP contribution in [0.4, 0.5) is 4.39 Å². The molecule has 1 heterocycles. The normalized spacial score (nSPS) is 15.6. The van der Waals surface area contributed by atoms with Crippen LogP contribution in [0.25, 0.3) is 5.70 Å². The molecule has 0 fully saturated rings. The van der Waals surface area contributed by atoms with E-state index in [2.05, 4.69) is 13.2 Å². The average Bonchev–Trinajstić information content (AvgIpc) is 2.54. The van der Waals surface area contributed by atoms with E-state index in [0.717, 1.165) is 24.0 Å². The van der Waals surface area contributed by atoms with Crippen LogP contribution in [-0.4, -0.2) is 22.8 Å². The molecule has 25 heavy (non-hydrogen) atoms. The molecule has 2 rings (SSSR count). The highest BCUT2D eigenvalue weighted by atomic mass is 19.1. The van der Waals surface area contributed by atoms with E-state index < -0.39 is 11.9 Å². The Morgan fingerprint density at radius 3 is 2.56 bits per heavy atom. The van der Waals surface area contributed by atoms with E-state index in [0.29, 0.717) is 40.5 Å². The van der Waals surface area contributed by atoms with Crippen molar-refractivity contribution in [1.29, 1.82) is 0 Å². The van der Waals surface area contributed by atoms with E-state index in [4.69, 9.17) is 10.6 Å². The van der Waals surface area contributed by atoms with Crippen molar-refractivity contribution < 1.29 is 14.2 Å². The van der Waals surface area contributed by atoms with Gasteiger partial charge in [0.2, 0.25) is 0 Å². The lowest BCUT2D eigenvalue weighted by Crippen LogP contribution is -2.30. The Bertz CT molecular complexity index is 751. The first-order valence-corrected chi connectivity index (χ1v) is 8.40. The molecule has 1 aromatic carbocycles. The van der Waals surface area contributed by atoms with Crippen LogP contribution >= 0.6 is 0 Å². The lowest BCUT2D eigenvalue weighted by atomic mass is 9.90. The summed E-state index contributed by atoms with van der Waals surface area (Å²) in [6.45, 7) is 15.5. The fraction of sp³-hybridized carbons (Fsp3) is 0.400. The largest absolute Gasteiger partial charge is 0.490 e. The molecule has 3 N–H and O–H groups in total. The first-order chi connectivity index (χ1) is 11.7. The number of hydrazine groups is 1. The number of fused-ring (bicyclic) bond motifs is 1. The van der Waals surface area contributed by atoms with Crippen LogP contribution in [0.5, 0.6) is 5.75 Å². The summed E-state index contributed by atoms with van der Waals surface area (Å²) < 4.78 is 20.2. The molecule has 1 atom stereocenters. The van der Waals surface area contributed by atoms with Gasteiger partial charge in [-0.15, -0.1) is 0 Å². The van der Waals surface area contributed by atoms with Crippen molar-refractivity contribution in [2.24, 2.45) is 5.84 Å². The van der Waals surface area contributed by atoms with Gasteiger partial charge in [-0.2, -0.15) is 0 Å². The number of halogens is 1. The third-order valence-electron chi connectivity index (χ3n) is 4.48. The van der Waals surface area contributed by atoms with Crippen LogP contribution in [0.3, 0.4) is 0 Å². The van der Waals surface area contributed by atoms with Gasteiger partial charge in [0.15, 0.2) is 11.6 Å². The number of rotatable bonds is 5. The van der Waals surface area contributed by atoms with Gasteiger partial charge in [-0.25, -0.2) is 10.2 Å². The van der Waals surface area contributed by atoms with Crippen molar-refractivity contribution in [1.82, 2.24) is 5.01 Å². The summed E-state index contributed by atoms with van der Waals surface area (Å²) in [6.07, 6.45) is 0.771. The number of nitrogens with two attached hydrogens (primary N) is 1. The van der Waals surface area contributed by atoms with Crippen LogP contribution in [0.1, 0.15) is 43.9 Å². The van der Waals surface area contributed by atoms with Crippen molar-refractivity contribution >= 4 is 5.70 Å². The zero-order valence-corrected chi connectivity index (χ0v) is 15.4. The molecule has 1 unspecified atom stereocenters. The smallest absolute Gasteiger partial charge is 0.166 e. The zero-order valence-electron chi connectivity index (χ0n) is 15.4. The van der Waals surface area contributed by atoms with Gasteiger partial charge in [0, 0.05) is 22.4 Å². The minimum absolute atomic E-state index is 0.319. The SMILES string of the molecule is C=C(C)/C(=C(/c1cc(F)c2c(c1C)CCCO2)N(N)C(=C)C)C(C)O. The molecule has 0 aliphatic carbocycles. The lowest BCUT2D eigenvalue weighted by Gasteiger charge is -2.30. The van der Waals surface area contributed by atoms with Crippen LogP contribution in [-0.2, 0) is 6.42 Å². The summed E-state index contributed by atoms with van der Waals surface area (Å²) in [5.41, 5.74) is 4.66. The van der Waals surface area contributed by atoms with E-state index in [1.165, 1.54) is 11.1 Å². The third kappa shape index (κ3) is 3.62. The molecule has 5 heteroatoms. The molecule has 0 spiro atoms. The highest BCUT2D eigenvalue weighted by molar-refractivity contribution is 5.76. The van der Waals surface area contributed by atoms with Gasteiger partial charge >= 0.3 is 0 Å². The number of hydrogen-bond donors (Lipinski definition) is 2. The summed E-state index contributed by atoms with van der Waals surface area (Å²) in [5, 5.41) is 11.7. The van der Waals surface area contributed by atoms with E-state index in [1.807, 2.05) is 6.92 Å². The van der Waals surface area contributed by atoms with Gasteiger partial charge in [0.25, 0.3) is 0 Å². The van der Waals surface area contributed by atoms with Crippen molar-refractivity contribution in [3.63, 3.8) is 0 Å². The van der Waals surface area contributed by atoms with Crippen LogP contribution in [0, 0.1) is 12.7 Å². The number of hydrogen-bond acceptors (Lipinski definition) is 4. The number of benzene rings is 1. The molecular formula is C20H27FN2O2. The van der Waals surface area contributed by atoms with Crippen molar-refractivity contribution in [2.45, 2.75) is 46.6 Å². The highest BCUT2D eigenvalue weighted by Gasteiger charge is 2.26. The lowest BCUT2D eigenvalue weighted by molar-refractivity contribution is 0.232. The number of nitrogens with zero attached hydrogens (tertiary/aromatic N) is 1. The van der Waals surface area contributed by atoms with E-state index in [-0.39, 0.29) is 0 Å². The zero-order chi connectivity index (χ0) is 18.9. The molecule has 1 aliphatic heterocycles. The quantitative estimate of drug-likeness (QED) is 0.483. The number of aliphatic hydroxyl groups is 1. The summed E-state index contributed by atoms with van der Waals surface area (Å²) in [7, 11) is 0. The molecule has 0 saturated carbocycles. The van der Waals surface area contributed by atoms with Crippen molar-refractivity contribution in [3.05, 3.63) is 58.6 Å². The Hall–Kier alpha value is -2.11. The molecule has 0 saturated heterocycles. The summed E-state index contributed by atoms with van der Waals surface area (Å²) >= 11 is 0. The van der Waals surface area contributed by atoms with Gasteiger partial charge < -0.3 is 9.84 Å². The number of aliphatic hydroxyl groups excluding tert-OH is 1. The second kappa shape index (κ2) is 7.42. The van der Waals surface area contributed by atoms with Crippen molar-refractivity contribution in [2.75, 3.05) is 6.61 Å². The Kier molecular flexibility index (Phi) is 5.70. The van der Waals surface area contributed by atoms with E-state index in [1.54, 1.807) is 20.8 Å². The molecular weight excluding hydrogens is 319 g/mol.